The van der Waals surface area contributed by atoms with Crippen LogP contribution >= 0.6 is 11.3 Å². The predicted octanol–water partition coefficient (Wildman–Crippen LogP) is 5.65. The number of hydrogen-bond donors (Lipinski definition) is 2. The summed E-state index contributed by atoms with van der Waals surface area (Å²) in [6, 6.07) is 10.9. The number of carbonyl (C=O) groups excluding carboxylic acids is 1. The molecule has 2 aromatic heterocycles. The number of nitrogens with zero attached hydrogens (tertiary/aromatic N) is 3. The highest BCUT2D eigenvalue weighted by Crippen LogP contribution is 2.43. The summed E-state index contributed by atoms with van der Waals surface area (Å²) in [5.41, 5.74) is 1.30. The number of carbonyl (C=O) groups is 1. The van der Waals surface area contributed by atoms with Gasteiger partial charge in [0, 0.05) is 10.1 Å². The maximum absolute atomic E-state index is 14.3. The van der Waals surface area contributed by atoms with Gasteiger partial charge in [-0.05, 0) is 53.8 Å². The molecule has 10 heteroatoms. The van der Waals surface area contributed by atoms with Crippen molar-refractivity contribution < 1.29 is 18.7 Å². The van der Waals surface area contributed by atoms with Crippen LogP contribution in [-0.2, 0) is 0 Å². The molecule has 170 valence electrons. The molecule has 0 atom stereocenters. The number of tetrazole rings is 1. The molecule has 33 heavy (non-hydrogen) atoms. The van der Waals surface area contributed by atoms with Gasteiger partial charge in [0.25, 0.3) is 11.9 Å². The second-order valence-corrected chi connectivity index (χ2v) is 8.99. The molecule has 0 bridgehead atoms. The van der Waals surface area contributed by atoms with Crippen molar-refractivity contribution in [1.82, 2.24) is 20.6 Å². The minimum Gasteiger partial charge on any atom is -0.494 e. The molecule has 0 radical (unpaired) electrons. The topological polar surface area (TPSA) is 102 Å². The first-order valence-electron chi connectivity index (χ1n) is 10.7. The smallest absolute Gasteiger partial charge is 0.272 e. The maximum atomic E-state index is 14.3. The molecular weight excluding hydrogens is 445 g/mol. The number of ether oxygens (including phenoxy) is 2. The van der Waals surface area contributed by atoms with Crippen molar-refractivity contribution in [2.45, 2.75) is 38.0 Å². The van der Waals surface area contributed by atoms with Gasteiger partial charge in [-0.25, -0.2) is 4.39 Å². The summed E-state index contributed by atoms with van der Waals surface area (Å²) in [4.78, 5) is 13.2. The van der Waals surface area contributed by atoms with Gasteiger partial charge in [-0.15, -0.1) is 16.4 Å². The fourth-order valence-electron chi connectivity index (χ4n) is 4.22. The fraction of sp³-hybridized carbons (Fsp3) is 0.304. The number of benzene rings is 2. The molecule has 0 aliphatic heterocycles. The van der Waals surface area contributed by atoms with Crippen LogP contribution in [0.3, 0.4) is 0 Å². The Bertz CT molecular complexity index is 1270. The molecule has 8 nitrogen and oxygen atoms in total. The third kappa shape index (κ3) is 4.38. The van der Waals surface area contributed by atoms with E-state index in [1.807, 2.05) is 12.1 Å². The molecule has 5 rings (SSSR count). The van der Waals surface area contributed by atoms with E-state index in [0.717, 1.165) is 11.3 Å². The Balaban J connectivity index is 1.50. The number of anilines is 1. The monoisotopic (exact) mass is 467 g/mol. The van der Waals surface area contributed by atoms with Gasteiger partial charge >= 0.3 is 0 Å². The average molecular weight is 468 g/mol. The van der Waals surface area contributed by atoms with E-state index in [9.17, 15) is 9.18 Å². The summed E-state index contributed by atoms with van der Waals surface area (Å²) in [5.74, 6) is 0.599. The van der Waals surface area contributed by atoms with Crippen molar-refractivity contribution in [3.63, 3.8) is 0 Å². The zero-order valence-electron chi connectivity index (χ0n) is 17.9. The van der Waals surface area contributed by atoms with Gasteiger partial charge in [-0.1, -0.05) is 36.5 Å². The third-order valence-electron chi connectivity index (χ3n) is 5.87. The Hall–Kier alpha value is -3.53. The first kappa shape index (κ1) is 21.3. The summed E-state index contributed by atoms with van der Waals surface area (Å²) in [6.07, 6.45) is 6.26. The lowest BCUT2D eigenvalue weighted by atomic mass is 9.84. The number of rotatable bonds is 6. The van der Waals surface area contributed by atoms with Crippen LogP contribution in [0, 0.1) is 5.82 Å². The Labute approximate surface area is 193 Å². The maximum Gasteiger partial charge on any atom is 0.272 e. The highest BCUT2D eigenvalue weighted by atomic mass is 32.1. The molecule has 1 amide bonds. The third-order valence-corrected chi connectivity index (χ3v) is 7.00. The average Bonchev–Trinajstić information content (AvgIpc) is 3.47. The quantitative estimate of drug-likeness (QED) is 0.380. The molecule has 2 aromatic carbocycles. The normalized spacial score (nSPS) is 14.4. The Morgan fingerprint density at radius 2 is 1.97 bits per heavy atom. The molecule has 1 saturated carbocycles. The molecule has 2 N–H and O–H groups in total. The van der Waals surface area contributed by atoms with Crippen LogP contribution in [-0.4, -0.2) is 33.6 Å². The molecule has 0 saturated heterocycles. The standard InChI is InChI=1S/C23H22FN5O3S/c1-31-18-11-16-19(12-17(18)24)33-21(22(30)25-23-26-28-29-27-23)20(16)32-15-9-7-14(8-10-15)13-5-3-2-4-6-13/h7-13H,2-6H2,1H3,(H2,25,26,27,28,29,30). The minimum atomic E-state index is -0.514. The summed E-state index contributed by atoms with van der Waals surface area (Å²) in [5, 5.41) is 16.4. The summed E-state index contributed by atoms with van der Waals surface area (Å²) in [6.45, 7) is 0. The number of hydrogen-bond acceptors (Lipinski definition) is 7. The first-order valence-corrected chi connectivity index (χ1v) is 11.6. The molecule has 0 spiro atoms. The van der Waals surface area contributed by atoms with E-state index in [1.165, 1.54) is 56.9 Å². The van der Waals surface area contributed by atoms with Gasteiger partial charge in [0.15, 0.2) is 17.3 Å². The number of thiophene rings is 1. The number of nitrogens with one attached hydrogen (secondary N) is 2. The number of aromatic nitrogens is 4. The van der Waals surface area contributed by atoms with Crippen LogP contribution in [0.15, 0.2) is 36.4 Å². The number of halogens is 1. The number of fused-ring (bicyclic) bond motifs is 1. The van der Waals surface area contributed by atoms with Gasteiger partial charge in [0.05, 0.1) is 7.11 Å². The zero-order chi connectivity index (χ0) is 22.8. The lowest BCUT2D eigenvalue weighted by Crippen LogP contribution is -2.12. The summed E-state index contributed by atoms with van der Waals surface area (Å²) >= 11 is 1.11. The molecule has 1 aliphatic rings. The van der Waals surface area contributed by atoms with Crippen molar-refractivity contribution in [2.75, 3.05) is 12.4 Å². The molecule has 4 aromatic rings. The molecular formula is C23H22FN5O3S. The highest BCUT2D eigenvalue weighted by molar-refractivity contribution is 7.21. The second kappa shape index (κ2) is 9.14. The molecule has 1 aliphatic carbocycles. The molecule has 1 fully saturated rings. The van der Waals surface area contributed by atoms with E-state index in [-0.39, 0.29) is 16.6 Å². The number of H-pyrrole nitrogens is 1. The van der Waals surface area contributed by atoms with Crippen LogP contribution in [0.1, 0.15) is 53.3 Å². The van der Waals surface area contributed by atoms with Gasteiger partial charge in [0.1, 0.15) is 10.6 Å². The Kier molecular flexibility index (Phi) is 5.91. The molecule has 2 heterocycles. The lowest BCUT2D eigenvalue weighted by Gasteiger charge is -2.22. The minimum absolute atomic E-state index is 0.0315. The second-order valence-electron chi connectivity index (χ2n) is 7.94. The van der Waals surface area contributed by atoms with E-state index in [2.05, 4.69) is 38.1 Å². The number of methoxy groups -OCH3 is 1. The summed E-state index contributed by atoms with van der Waals surface area (Å²) in [7, 11) is 1.39. The number of amides is 1. The van der Waals surface area contributed by atoms with Crippen LogP contribution in [0.2, 0.25) is 0 Å². The van der Waals surface area contributed by atoms with E-state index in [4.69, 9.17) is 9.47 Å². The Morgan fingerprint density at radius 3 is 2.67 bits per heavy atom. The fourth-order valence-corrected chi connectivity index (χ4v) is 5.25. The largest absolute Gasteiger partial charge is 0.494 e. The van der Waals surface area contributed by atoms with Gasteiger partial charge < -0.3 is 9.47 Å². The van der Waals surface area contributed by atoms with Crippen molar-refractivity contribution in [1.29, 1.82) is 0 Å². The zero-order valence-corrected chi connectivity index (χ0v) is 18.7. The van der Waals surface area contributed by atoms with Crippen molar-refractivity contribution in [3.05, 3.63) is 52.7 Å². The van der Waals surface area contributed by atoms with Crippen molar-refractivity contribution >= 4 is 33.3 Å². The SMILES string of the molecule is COc1cc2c(Oc3ccc(C4CCCCC4)cc3)c(C(=O)Nc3nn[nH]n3)sc2cc1F. The van der Waals surface area contributed by atoms with Crippen LogP contribution in [0.5, 0.6) is 17.2 Å². The molecule has 0 unspecified atom stereocenters. The van der Waals surface area contributed by atoms with Crippen LogP contribution in [0.25, 0.3) is 10.1 Å². The van der Waals surface area contributed by atoms with Crippen LogP contribution in [0.4, 0.5) is 10.3 Å². The predicted molar refractivity (Wildman–Crippen MR) is 123 cm³/mol. The van der Waals surface area contributed by atoms with Crippen molar-refractivity contribution in [2.24, 2.45) is 0 Å². The van der Waals surface area contributed by atoms with Gasteiger partial charge in [-0.3, -0.25) is 10.1 Å². The van der Waals surface area contributed by atoms with Crippen LogP contribution < -0.4 is 14.8 Å². The van der Waals surface area contributed by atoms with E-state index in [0.29, 0.717) is 27.5 Å². The van der Waals surface area contributed by atoms with E-state index < -0.39 is 11.7 Å². The van der Waals surface area contributed by atoms with Gasteiger partial charge in [-0.2, -0.15) is 5.21 Å². The van der Waals surface area contributed by atoms with Crippen molar-refractivity contribution in [3.8, 4) is 17.2 Å². The number of aromatic amines is 1. The van der Waals surface area contributed by atoms with E-state index in [1.54, 1.807) is 0 Å². The van der Waals surface area contributed by atoms with Gasteiger partial charge in [0.2, 0.25) is 0 Å². The Morgan fingerprint density at radius 1 is 1.18 bits per heavy atom. The van der Waals surface area contributed by atoms with E-state index >= 15 is 0 Å². The highest BCUT2D eigenvalue weighted by Gasteiger charge is 2.24. The summed E-state index contributed by atoms with van der Waals surface area (Å²) < 4.78 is 26.2. The lowest BCUT2D eigenvalue weighted by molar-refractivity contribution is 0.102. The first-order chi connectivity index (χ1) is 16.1.